The van der Waals surface area contributed by atoms with Crippen LogP contribution in [0.5, 0.6) is 0 Å². The van der Waals surface area contributed by atoms with Gasteiger partial charge in [-0.25, -0.2) is 4.39 Å². The van der Waals surface area contributed by atoms with Crippen LogP contribution in [0.2, 0.25) is 0 Å². The highest BCUT2D eigenvalue weighted by atomic mass is 79.9. The zero-order chi connectivity index (χ0) is 14.9. The predicted octanol–water partition coefficient (Wildman–Crippen LogP) is 3.00. The van der Waals surface area contributed by atoms with Crippen LogP contribution < -0.4 is 5.32 Å². The lowest BCUT2D eigenvalue weighted by Crippen LogP contribution is -2.44. The van der Waals surface area contributed by atoms with Gasteiger partial charge < -0.3 is 14.8 Å². The first-order chi connectivity index (χ1) is 10.1. The Bertz CT molecular complexity index is 515. The summed E-state index contributed by atoms with van der Waals surface area (Å²) in [6, 6.07) is 4.54. The summed E-state index contributed by atoms with van der Waals surface area (Å²) in [7, 11) is 0. The minimum Gasteiger partial charge on any atom is -0.349 e. The summed E-state index contributed by atoms with van der Waals surface area (Å²) in [4.78, 5) is 12.2. The third kappa shape index (κ3) is 3.12. The van der Waals surface area contributed by atoms with Crippen molar-refractivity contribution in [1.29, 1.82) is 0 Å². The lowest BCUT2D eigenvalue weighted by molar-refractivity contribution is -0.179. The van der Waals surface area contributed by atoms with E-state index in [9.17, 15) is 9.18 Å². The van der Waals surface area contributed by atoms with Crippen LogP contribution in [0, 0.1) is 5.82 Å². The van der Waals surface area contributed by atoms with Crippen LogP contribution in [0.25, 0.3) is 0 Å². The average molecular weight is 358 g/mol. The van der Waals surface area contributed by atoms with E-state index in [1.54, 1.807) is 12.1 Å². The maximum absolute atomic E-state index is 13.8. The molecular formula is C15H17BrFNO3. The number of amides is 1. The van der Waals surface area contributed by atoms with Crippen molar-refractivity contribution in [1.82, 2.24) is 5.32 Å². The molecule has 0 radical (unpaired) electrons. The molecule has 0 bridgehead atoms. The van der Waals surface area contributed by atoms with Gasteiger partial charge in [0.15, 0.2) is 5.79 Å². The van der Waals surface area contributed by atoms with Gasteiger partial charge in [-0.15, -0.1) is 0 Å². The number of ether oxygens (including phenoxy) is 2. The number of nitrogens with one attached hydrogen (secondary N) is 1. The fourth-order valence-corrected chi connectivity index (χ4v) is 3.48. The third-order valence-corrected chi connectivity index (χ3v) is 4.75. The summed E-state index contributed by atoms with van der Waals surface area (Å²) in [5, 5.41) is 2.90. The van der Waals surface area contributed by atoms with E-state index in [0.717, 1.165) is 25.7 Å². The second-order valence-electron chi connectivity index (χ2n) is 5.45. The molecule has 0 atom stereocenters. The monoisotopic (exact) mass is 357 g/mol. The predicted molar refractivity (Wildman–Crippen MR) is 78.5 cm³/mol. The van der Waals surface area contributed by atoms with E-state index < -0.39 is 11.6 Å². The highest BCUT2D eigenvalue weighted by molar-refractivity contribution is 9.10. The van der Waals surface area contributed by atoms with E-state index in [2.05, 4.69) is 21.2 Å². The smallest absolute Gasteiger partial charge is 0.255 e. The third-order valence-electron chi connectivity index (χ3n) is 4.09. The van der Waals surface area contributed by atoms with Crippen LogP contribution in [-0.2, 0) is 9.47 Å². The Morgan fingerprint density at radius 1 is 1.29 bits per heavy atom. The van der Waals surface area contributed by atoms with E-state index in [4.69, 9.17) is 9.47 Å². The lowest BCUT2D eigenvalue weighted by Gasteiger charge is -2.35. The molecule has 1 aliphatic heterocycles. The molecule has 1 saturated carbocycles. The van der Waals surface area contributed by atoms with Gasteiger partial charge in [0.1, 0.15) is 5.82 Å². The first kappa shape index (κ1) is 14.9. The Labute approximate surface area is 131 Å². The average Bonchev–Trinajstić information content (AvgIpc) is 2.90. The zero-order valence-corrected chi connectivity index (χ0v) is 13.1. The second-order valence-corrected chi connectivity index (χ2v) is 6.31. The molecule has 6 heteroatoms. The molecule has 0 unspecified atom stereocenters. The molecule has 1 aromatic carbocycles. The highest BCUT2D eigenvalue weighted by Gasteiger charge is 2.40. The first-order valence-corrected chi connectivity index (χ1v) is 7.92. The Hall–Kier alpha value is -0.980. The maximum atomic E-state index is 13.8. The Kier molecular flexibility index (Phi) is 4.28. The number of hydrogen-bond acceptors (Lipinski definition) is 3. The van der Waals surface area contributed by atoms with Crippen molar-refractivity contribution in [3.05, 3.63) is 34.1 Å². The van der Waals surface area contributed by atoms with Gasteiger partial charge in [0.25, 0.3) is 5.91 Å². The molecule has 1 spiro atoms. The van der Waals surface area contributed by atoms with Crippen LogP contribution in [0.15, 0.2) is 22.7 Å². The van der Waals surface area contributed by atoms with Gasteiger partial charge in [-0.1, -0.05) is 6.07 Å². The zero-order valence-electron chi connectivity index (χ0n) is 11.5. The van der Waals surface area contributed by atoms with E-state index in [-0.39, 0.29) is 17.5 Å². The lowest BCUT2D eigenvalue weighted by atomic mass is 9.90. The molecule has 0 aromatic heterocycles. The molecule has 1 heterocycles. The number of halogens is 2. The molecule has 2 aliphatic rings. The number of benzene rings is 1. The largest absolute Gasteiger partial charge is 0.349 e. The fraction of sp³-hybridized carbons (Fsp3) is 0.533. The van der Waals surface area contributed by atoms with Crippen molar-refractivity contribution in [3.63, 3.8) is 0 Å². The summed E-state index contributed by atoms with van der Waals surface area (Å²) in [6.07, 6.45) is 3.07. The van der Waals surface area contributed by atoms with E-state index in [1.165, 1.54) is 6.07 Å². The van der Waals surface area contributed by atoms with Crippen LogP contribution in [0.4, 0.5) is 4.39 Å². The summed E-state index contributed by atoms with van der Waals surface area (Å²) in [5.74, 6) is -1.34. The van der Waals surface area contributed by atoms with Crippen LogP contribution in [0.1, 0.15) is 36.0 Å². The first-order valence-electron chi connectivity index (χ1n) is 7.12. The molecule has 1 amide bonds. The number of hydrogen-bond donors (Lipinski definition) is 1. The molecule has 21 heavy (non-hydrogen) atoms. The summed E-state index contributed by atoms with van der Waals surface area (Å²) < 4.78 is 25.5. The molecule has 114 valence electrons. The molecule has 1 saturated heterocycles. The number of carbonyl (C=O) groups is 1. The van der Waals surface area contributed by atoms with E-state index in [0.29, 0.717) is 17.7 Å². The van der Waals surface area contributed by atoms with Gasteiger partial charge in [0.05, 0.1) is 18.8 Å². The van der Waals surface area contributed by atoms with Gasteiger partial charge in [0.2, 0.25) is 0 Å². The number of rotatable bonds is 2. The van der Waals surface area contributed by atoms with Crippen molar-refractivity contribution < 1.29 is 18.7 Å². The van der Waals surface area contributed by atoms with Crippen LogP contribution in [-0.4, -0.2) is 30.9 Å². The van der Waals surface area contributed by atoms with E-state index >= 15 is 0 Å². The summed E-state index contributed by atoms with van der Waals surface area (Å²) in [6.45, 7) is 1.28. The Morgan fingerprint density at radius 2 is 1.95 bits per heavy atom. The van der Waals surface area contributed by atoms with Gasteiger partial charge in [-0.05, 0) is 40.9 Å². The molecule has 1 N–H and O–H groups in total. The van der Waals surface area contributed by atoms with Crippen molar-refractivity contribution in [2.75, 3.05) is 13.2 Å². The SMILES string of the molecule is O=C(NC1CCC2(CC1)OCCO2)c1c(F)cccc1Br. The molecule has 1 aliphatic carbocycles. The van der Waals surface area contributed by atoms with Gasteiger partial charge in [-0.2, -0.15) is 0 Å². The minimum absolute atomic E-state index is 0.0300. The summed E-state index contributed by atoms with van der Waals surface area (Å²) in [5.41, 5.74) is 0.0613. The van der Waals surface area contributed by atoms with E-state index in [1.807, 2.05) is 0 Å². The molecule has 3 rings (SSSR count). The van der Waals surface area contributed by atoms with Crippen molar-refractivity contribution in [3.8, 4) is 0 Å². The van der Waals surface area contributed by atoms with Crippen molar-refractivity contribution in [2.45, 2.75) is 37.5 Å². The van der Waals surface area contributed by atoms with Gasteiger partial charge in [0, 0.05) is 23.4 Å². The van der Waals surface area contributed by atoms with Gasteiger partial charge >= 0.3 is 0 Å². The van der Waals surface area contributed by atoms with Crippen LogP contribution >= 0.6 is 15.9 Å². The van der Waals surface area contributed by atoms with Gasteiger partial charge in [-0.3, -0.25) is 4.79 Å². The normalized spacial score (nSPS) is 21.6. The standard InChI is InChI=1S/C15H17BrFNO3/c16-11-2-1-3-12(17)13(11)14(19)18-10-4-6-15(7-5-10)20-8-9-21-15/h1-3,10H,4-9H2,(H,18,19). The minimum atomic E-state index is -0.517. The summed E-state index contributed by atoms with van der Waals surface area (Å²) >= 11 is 3.22. The van der Waals surface area contributed by atoms with Crippen molar-refractivity contribution >= 4 is 21.8 Å². The molecule has 2 fully saturated rings. The highest BCUT2D eigenvalue weighted by Crippen LogP contribution is 2.35. The molecule has 1 aromatic rings. The topological polar surface area (TPSA) is 47.6 Å². The Morgan fingerprint density at radius 3 is 2.57 bits per heavy atom. The molecule has 4 nitrogen and oxygen atoms in total. The number of carbonyl (C=O) groups excluding carboxylic acids is 1. The van der Waals surface area contributed by atoms with Crippen LogP contribution in [0.3, 0.4) is 0 Å². The second kappa shape index (κ2) is 6.02. The fourth-order valence-electron chi connectivity index (χ4n) is 2.96. The Balaban J connectivity index is 1.61. The van der Waals surface area contributed by atoms with Crippen molar-refractivity contribution in [2.24, 2.45) is 0 Å². The molecular weight excluding hydrogens is 341 g/mol. The quantitative estimate of drug-likeness (QED) is 0.884. The maximum Gasteiger partial charge on any atom is 0.255 e.